The number of hydrogen-bond acceptors (Lipinski definition) is 4. The van der Waals surface area contributed by atoms with Crippen molar-refractivity contribution in [2.45, 2.75) is 50.5 Å². The van der Waals surface area contributed by atoms with Crippen LogP contribution in [-0.4, -0.2) is 41.8 Å². The Labute approximate surface area is 193 Å². The van der Waals surface area contributed by atoms with Crippen molar-refractivity contribution >= 4 is 18.0 Å². The Kier molecular flexibility index (Phi) is 6.67. The Hall–Kier alpha value is -3.35. The zero-order valence-corrected chi connectivity index (χ0v) is 18.8. The molecule has 0 radical (unpaired) electrons. The molecule has 2 amide bonds. The minimum absolute atomic E-state index is 0.00302. The third-order valence-corrected chi connectivity index (χ3v) is 6.62. The van der Waals surface area contributed by atoms with E-state index in [0.29, 0.717) is 13.0 Å². The quantitative estimate of drug-likeness (QED) is 0.474. The first-order valence-electron chi connectivity index (χ1n) is 11.5. The predicted octanol–water partition coefficient (Wildman–Crippen LogP) is 4.06. The molecule has 4 rings (SSSR count). The molecule has 1 atom stereocenters. The SMILES string of the molecule is CC(CC(=O)O)(NC(=O)CCCNC(=O)OCC1c2ccccc2-c2ccccc21)C1CC1. The molecule has 7 heteroatoms. The second-order valence-corrected chi connectivity index (χ2v) is 9.17. The fourth-order valence-electron chi connectivity index (χ4n) is 4.80. The Morgan fingerprint density at radius 3 is 2.21 bits per heavy atom. The summed E-state index contributed by atoms with van der Waals surface area (Å²) < 4.78 is 5.49. The minimum Gasteiger partial charge on any atom is -0.481 e. The van der Waals surface area contributed by atoms with Gasteiger partial charge in [0.1, 0.15) is 6.61 Å². The Bertz CT molecular complexity index is 1000. The molecule has 2 aromatic carbocycles. The molecule has 2 aliphatic rings. The molecule has 0 aliphatic heterocycles. The van der Waals surface area contributed by atoms with Crippen molar-refractivity contribution < 1.29 is 24.2 Å². The van der Waals surface area contributed by atoms with Crippen LogP contribution < -0.4 is 10.6 Å². The van der Waals surface area contributed by atoms with E-state index in [2.05, 4.69) is 34.9 Å². The van der Waals surface area contributed by atoms with Gasteiger partial charge in [-0.05, 0) is 54.4 Å². The predicted molar refractivity (Wildman–Crippen MR) is 124 cm³/mol. The van der Waals surface area contributed by atoms with Gasteiger partial charge in [0.05, 0.1) is 12.0 Å². The largest absolute Gasteiger partial charge is 0.481 e. The van der Waals surface area contributed by atoms with E-state index in [4.69, 9.17) is 9.84 Å². The van der Waals surface area contributed by atoms with Crippen molar-refractivity contribution in [1.82, 2.24) is 10.6 Å². The summed E-state index contributed by atoms with van der Waals surface area (Å²) in [6.45, 7) is 2.35. The lowest BCUT2D eigenvalue weighted by Gasteiger charge is -2.29. The molecule has 3 N–H and O–H groups in total. The van der Waals surface area contributed by atoms with Gasteiger partial charge in [-0.25, -0.2) is 4.79 Å². The highest BCUT2D eigenvalue weighted by atomic mass is 16.5. The molecule has 1 unspecified atom stereocenters. The molecule has 7 nitrogen and oxygen atoms in total. The van der Waals surface area contributed by atoms with Gasteiger partial charge in [-0.2, -0.15) is 0 Å². The lowest BCUT2D eigenvalue weighted by atomic mass is 9.91. The third-order valence-electron chi connectivity index (χ3n) is 6.62. The summed E-state index contributed by atoms with van der Waals surface area (Å²) in [5, 5.41) is 14.7. The van der Waals surface area contributed by atoms with E-state index >= 15 is 0 Å². The molecule has 0 aromatic heterocycles. The number of ether oxygens (including phenoxy) is 1. The zero-order valence-electron chi connectivity index (χ0n) is 18.8. The molecule has 0 saturated heterocycles. The van der Waals surface area contributed by atoms with Crippen LogP contribution in [0.25, 0.3) is 11.1 Å². The van der Waals surface area contributed by atoms with Gasteiger partial charge in [0, 0.05) is 18.9 Å². The van der Waals surface area contributed by atoms with E-state index in [1.807, 2.05) is 24.3 Å². The van der Waals surface area contributed by atoms with E-state index in [-0.39, 0.29) is 37.2 Å². The Morgan fingerprint density at radius 1 is 1.03 bits per heavy atom. The monoisotopic (exact) mass is 450 g/mol. The average molecular weight is 451 g/mol. The highest BCUT2D eigenvalue weighted by Gasteiger charge is 2.43. The number of carbonyl (C=O) groups excluding carboxylic acids is 2. The van der Waals surface area contributed by atoms with Crippen LogP contribution in [0.5, 0.6) is 0 Å². The van der Waals surface area contributed by atoms with Gasteiger partial charge >= 0.3 is 12.1 Å². The fraction of sp³-hybridized carbons (Fsp3) is 0.423. The number of aliphatic carboxylic acids is 1. The van der Waals surface area contributed by atoms with Gasteiger partial charge in [0.15, 0.2) is 0 Å². The van der Waals surface area contributed by atoms with Crippen molar-refractivity contribution in [1.29, 1.82) is 0 Å². The first kappa shape index (κ1) is 22.8. The van der Waals surface area contributed by atoms with Crippen LogP contribution in [-0.2, 0) is 14.3 Å². The first-order valence-corrected chi connectivity index (χ1v) is 11.5. The fourth-order valence-corrected chi connectivity index (χ4v) is 4.80. The number of fused-ring (bicyclic) bond motifs is 3. The molecular formula is C26H30N2O5. The maximum absolute atomic E-state index is 12.3. The van der Waals surface area contributed by atoms with E-state index in [9.17, 15) is 14.4 Å². The Morgan fingerprint density at radius 2 is 1.64 bits per heavy atom. The molecule has 0 spiro atoms. The van der Waals surface area contributed by atoms with Gasteiger partial charge < -0.3 is 20.5 Å². The van der Waals surface area contributed by atoms with Crippen LogP contribution in [0.4, 0.5) is 4.79 Å². The zero-order chi connectivity index (χ0) is 23.4. The standard InChI is InChI=1S/C26H30N2O5/c1-26(15-24(30)31,17-12-13-17)28-23(29)11-6-14-27-25(32)33-16-22-20-9-4-2-7-18(20)19-8-3-5-10-21(19)22/h2-5,7-10,17,22H,6,11-16H2,1H3,(H,27,32)(H,28,29)(H,30,31). The number of carboxylic acids is 1. The molecule has 33 heavy (non-hydrogen) atoms. The number of amides is 2. The number of nitrogens with one attached hydrogen (secondary N) is 2. The third kappa shape index (κ3) is 5.35. The first-order chi connectivity index (χ1) is 15.9. The average Bonchev–Trinajstić information content (AvgIpc) is 3.59. The number of carbonyl (C=O) groups is 3. The second-order valence-electron chi connectivity index (χ2n) is 9.17. The summed E-state index contributed by atoms with van der Waals surface area (Å²) in [6.07, 6.45) is 1.95. The normalized spacial score (nSPS) is 16.3. The molecule has 2 aromatic rings. The van der Waals surface area contributed by atoms with Gasteiger partial charge in [-0.1, -0.05) is 48.5 Å². The van der Waals surface area contributed by atoms with Crippen LogP contribution in [0.15, 0.2) is 48.5 Å². The van der Waals surface area contributed by atoms with E-state index < -0.39 is 17.6 Å². The van der Waals surface area contributed by atoms with Crippen molar-refractivity contribution in [2.75, 3.05) is 13.2 Å². The topological polar surface area (TPSA) is 105 Å². The van der Waals surface area contributed by atoms with Gasteiger partial charge in [-0.15, -0.1) is 0 Å². The summed E-state index contributed by atoms with van der Waals surface area (Å²) in [6, 6.07) is 16.3. The van der Waals surface area contributed by atoms with Crippen LogP contribution >= 0.6 is 0 Å². The van der Waals surface area contributed by atoms with Crippen LogP contribution in [0.2, 0.25) is 0 Å². The van der Waals surface area contributed by atoms with Crippen LogP contribution in [0, 0.1) is 5.92 Å². The molecule has 1 fully saturated rings. The van der Waals surface area contributed by atoms with E-state index in [1.165, 1.54) is 11.1 Å². The maximum atomic E-state index is 12.3. The molecule has 0 heterocycles. The van der Waals surface area contributed by atoms with Gasteiger partial charge in [0.2, 0.25) is 5.91 Å². The highest BCUT2D eigenvalue weighted by molar-refractivity contribution is 5.79. The number of rotatable bonds is 10. The molecule has 174 valence electrons. The molecule has 0 bridgehead atoms. The Balaban J connectivity index is 1.21. The van der Waals surface area contributed by atoms with E-state index in [1.54, 1.807) is 6.92 Å². The molecule has 2 aliphatic carbocycles. The highest BCUT2D eigenvalue weighted by Crippen LogP contribution is 2.44. The lowest BCUT2D eigenvalue weighted by Crippen LogP contribution is -2.49. The van der Waals surface area contributed by atoms with Gasteiger partial charge in [-0.3, -0.25) is 9.59 Å². The minimum atomic E-state index is -0.915. The summed E-state index contributed by atoms with van der Waals surface area (Å²) in [5.41, 5.74) is 3.96. The summed E-state index contributed by atoms with van der Waals surface area (Å²) in [7, 11) is 0. The van der Waals surface area contributed by atoms with Gasteiger partial charge in [0.25, 0.3) is 0 Å². The van der Waals surface area contributed by atoms with Crippen molar-refractivity contribution in [2.24, 2.45) is 5.92 Å². The van der Waals surface area contributed by atoms with Crippen LogP contribution in [0.3, 0.4) is 0 Å². The van der Waals surface area contributed by atoms with Crippen molar-refractivity contribution in [3.05, 3.63) is 59.7 Å². The smallest absolute Gasteiger partial charge is 0.407 e. The number of alkyl carbamates (subject to hydrolysis) is 1. The number of carboxylic acid groups (broad SMARTS) is 1. The van der Waals surface area contributed by atoms with E-state index in [0.717, 1.165) is 24.0 Å². The lowest BCUT2D eigenvalue weighted by molar-refractivity contribution is -0.139. The molecule has 1 saturated carbocycles. The number of benzene rings is 2. The summed E-state index contributed by atoms with van der Waals surface area (Å²) >= 11 is 0. The number of hydrogen-bond donors (Lipinski definition) is 3. The van der Waals surface area contributed by atoms with Crippen molar-refractivity contribution in [3.63, 3.8) is 0 Å². The maximum Gasteiger partial charge on any atom is 0.407 e. The second kappa shape index (κ2) is 9.65. The van der Waals surface area contributed by atoms with Crippen molar-refractivity contribution in [3.8, 4) is 11.1 Å². The van der Waals surface area contributed by atoms with Crippen LogP contribution in [0.1, 0.15) is 56.1 Å². The summed E-state index contributed by atoms with van der Waals surface area (Å²) in [5.74, 6) is -0.888. The molecular weight excluding hydrogens is 420 g/mol. The summed E-state index contributed by atoms with van der Waals surface area (Å²) in [4.78, 5) is 35.7.